The van der Waals surface area contributed by atoms with Gasteiger partial charge in [0.2, 0.25) is 0 Å². The zero-order valence-corrected chi connectivity index (χ0v) is 18.9. The Bertz CT molecular complexity index is 755. The molecule has 27 heavy (non-hydrogen) atoms. The smallest absolute Gasteiger partial charge is 0.191 e. The first kappa shape index (κ1) is 21.7. The minimum Gasteiger partial charge on any atom is -0.355 e. The molecule has 1 aliphatic rings. The summed E-state index contributed by atoms with van der Waals surface area (Å²) in [5.74, 6) is 1.83. The Balaban J connectivity index is 0.00000261. The van der Waals surface area contributed by atoms with Gasteiger partial charge in [0.1, 0.15) is 12.2 Å². The van der Waals surface area contributed by atoms with Gasteiger partial charge in [-0.15, -0.1) is 34.2 Å². The second-order valence-electron chi connectivity index (χ2n) is 6.89. The van der Waals surface area contributed by atoms with E-state index in [2.05, 4.69) is 62.4 Å². The van der Waals surface area contributed by atoms with Crippen LogP contribution in [0, 0.1) is 0 Å². The summed E-state index contributed by atoms with van der Waals surface area (Å²) in [4.78, 5) is 4.36. The van der Waals surface area contributed by atoms with Crippen LogP contribution in [0.4, 0.5) is 0 Å². The zero-order valence-electron chi connectivity index (χ0n) is 16.5. The molecule has 1 atom stereocenters. The van der Waals surface area contributed by atoms with E-state index in [9.17, 15) is 0 Å². The first-order chi connectivity index (χ1) is 12.7. The molecule has 0 amide bonds. The van der Waals surface area contributed by atoms with Crippen LogP contribution in [0.1, 0.15) is 55.2 Å². The van der Waals surface area contributed by atoms with Gasteiger partial charge in [0.15, 0.2) is 5.96 Å². The van der Waals surface area contributed by atoms with E-state index in [1.807, 2.05) is 7.05 Å². The maximum absolute atomic E-state index is 4.36. The van der Waals surface area contributed by atoms with Crippen LogP contribution in [0.3, 0.4) is 0 Å². The van der Waals surface area contributed by atoms with Crippen molar-refractivity contribution in [3.63, 3.8) is 0 Å². The van der Waals surface area contributed by atoms with Gasteiger partial charge in [0.05, 0.1) is 6.04 Å². The molecule has 0 bridgehead atoms. The normalized spacial score (nSPS) is 14.9. The fourth-order valence-electron chi connectivity index (χ4n) is 3.54. The molecule has 0 aliphatic heterocycles. The van der Waals surface area contributed by atoms with Crippen molar-refractivity contribution in [1.29, 1.82) is 0 Å². The van der Waals surface area contributed by atoms with Gasteiger partial charge in [-0.2, -0.15) is 0 Å². The SMILES string of the molecule is CCc1nncn1CCNC(=NC)NC(C)c1ccc2c(c1)CCCC2.I. The van der Waals surface area contributed by atoms with E-state index >= 15 is 0 Å². The molecule has 2 N–H and O–H groups in total. The minimum absolute atomic E-state index is 0. The first-order valence-electron chi connectivity index (χ1n) is 9.66. The van der Waals surface area contributed by atoms with Crippen molar-refractivity contribution in [2.75, 3.05) is 13.6 Å². The monoisotopic (exact) mass is 482 g/mol. The molecule has 2 aromatic rings. The van der Waals surface area contributed by atoms with E-state index in [-0.39, 0.29) is 30.0 Å². The number of aromatic nitrogens is 3. The van der Waals surface area contributed by atoms with E-state index < -0.39 is 0 Å². The molecule has 6 nitrogen and oxygen atoms in total. The number of nitrogens with zero attached hydrogens (tertiary/aromatic N) is 4. The second-order valence-corrected chi connectivity index (χ2v) is 6.89. The lowest BCUT2D eigenvalue weighted by molar-refractivity contribution is 0.619. The molecule has 3 rings (SSSR count). The second kappa shape index (κ2) is 10.6. The lowest BCUT2D eigenvalue weighted by atomic mass is 9.89. The van der Waals surface area contributed by atoms with Crippen molar-refractivity contribution < 1.29 is 0 Å². The standard InChI is InChI=1S/C20H30N6.HI/c1-4-19-25-23-14-26(19)12-11-22-20(21-3)24-15(2)17-10-9-16-7-5-6-8-18(16)13-17;/h9-10,13-15H,4-8,11-12H2,1-3H3,(H2,21,22,24);1H. The van der Waals surface area contributed by atoms with E-state index in [0.717, 1.165) is 31.3 Å². The highest BCUT2D eigenvalue weighted by Crippen LogP contribution is 2.24. The molecule has 1 aromatic heterocycles. The number of fused-ring (bicyclic) bond motifs is 1. The summed E-state index contributed by atoms with van der Waals surface area (Å²) in [6, 6.07) is 7.13. The molecule has 1 unspecified atom stereocenters. The first-order valence-corrected chi connectivity index (χ1v) is 9.66. The van der Waals surface area contributed by atoms with Crippen LogP contribution >= 0.6 is 24.0 Å². The van der Waals surface area contributed by atoms with Crippen molar-refractivity contribution in [3.8, 4) is 0 Å². The predicted molar refractivity (Wildman–Crippen MR) is 121 cm³/mol. The third-order valence-electron chi connectivity index (χ3n) is 5.11. The Morgan fingerprint density at radius 2 is 2.04 bits per heavy atom. The molecule has 1 aromatic carbocycles. The summed E-state index contributed by atoms with van der Waals surface area (Å²) >= 11 is 0. The summed E-state index contributed by atoms with van der Waals surface area (Å²) in [7, 11) is 1.81. The van der Waals surface area contributed by atoms with Gasteiger partial charge in [-0.3, -0.25) is 4.99 Å². The summed E-state index contributed by atoms with van der Waals surface area (Å²) in [6.45, 7) is 5.88. The average molecular weight is 482 g/mol. The fourth-order valence-corrected chi connectivity index (χ4v) is 3.54. The number of aliphatic imine (C=N–C) groups is 1. The molecule has 0 radical (unpaired) electrons. The molecule has 0 fully saturated rings. The quantitative estimate of drug-likeness (QED) is 0.377. The highest BCUT2D eigenvalue weighted by Gasteiger charge is 2.13. The predicted octanol–water partition coefficient (Wildman–Crippen LogP) is 3.26. The van der Waals surface area contributed by atoms with E-state index in [0.29, 0.717) is 0 Å². The van der Waals surface area contributed by atoms with Gasteiger partial charge >= 0.3 is 0 Å². The number of nitrogens with one attached hydrogen (secondary N) is 2. The number of hydrogen-bond donors (Lipinski definition) is 2. The Kier molecular flexibility index (Phi) is 8.53. The summed E-state index contributed by atoms with van der Waals surface area (Å²) in [5, 5.41) is 15.0. The van der Waals surface area contributed by atoms with Gasteiger partial charge in [-0.25, -0.2) is 0 Å². The minimum atomic E-state index is 0. The van der Waals surface area contributed by atoms with Crippen molar-refractivity contribution in [2.45, 2.75) is 58.5 Å². The highest BCUT2D eigenvalue weighted by atomic mass is 127. The third kappa shape index (κ3) is 5.67. The molecule has 0 spiro atoms. The van der Waals surface area contributed by atoms with Crippen LogP contribution in [-0.4, -0.2) is 34.3 Å². The molecule has 1 heterocycles. The van der Waals surface area contributed by atoms with Gasteiger partial charge < -0.3 is 15.2 Å². The third-order valence-corrected chi connectivity index (χ3v) is 5.11. The number of halogens is 1. The molecule has 0 saturated heterocycles. The Labute approximate surface area is 179 Å². The lowest BCUT2D eigenvalue weighted by Gasteiger charge is -2.21. The van der Waals surface area contributed by atoms with Gasteiger partial charge in [0.25, 0.3) is 0 Å². The van der Waals surface area contributed by atoms with E-state index in [1.165, 1.54) is 42.4 Å². The van der Waals surface area contributed by atoms with Crippen LogP contribution in [0.5, 0.6) is 0 Å². The van der Waals surface area contributed by atoms with Crippen molar-refractivity contribution in [1.82, 2.24) is 25.4 Å². The summed E-state index contributed by atoms with van der Waals surface area (Å²) in [5.41, 5.74) is 4.36. The van der Waals surface area contributed by atoms with Gasteiger partial charge in [0, 0.05) is 26.6 Å². The molecule has 1 aliphatic carbocycles. The Morgan fingerprint density at radius 3 is 2.78 bits per heavy atom. The molecular weight excluding hydrogens is 451 g/mol. The number of rotatable bonds is 6. The maximum atomic E-state index is 4.36. The van der Waals surface area contributed by atoms with Crippen molar-refractivity contribution in [3.05, 3.63) is 47.0 Å². The fraction of sp³-hybridized carbons (Fsp3) is 0.550. The Hall–Kier alpha value is -1.64. The molecule has 7 heteroatoms. The van der Waals surface area contributed by atoms with Crippen LogP contribution in [0.15, 0.2) is 29.5 Å². The van der Waals surface area contributed by atoms with Crippen molar-refractivity contribution >= 4 is 29.9 Å². The largest absolute Gasteiger partial charge is 0.355 e. The average Bonchev–Trinajstić information content (AvgIpc) is 3.14. The van der Waals surface area contributed by atoms with Gasteiger partial charge in [-0.05, 0) is 49.3 Å². The van der Waals surface area contributed by atoms with Crippen LogP contribution < -0.4 is 10.6 Å². The molecular formula is C20H31IN6. The van der Waals surface area contributed by atoms with Crippen LogP contribution in [0.25, 0.3) is 0 Å². The van der Waals surface area contributed by atoms with Crippen LogP contribution in [-0.2, 0) is 25.8 Å². The number of hydrogen-bond acceptors (Lipinski definition) is 3. The Morgan fingerprint density at radius 1 is 1.26 bits per heavy atom. The van der Waals surface area contributed by atoms with Crippen molar-refractivity contribution in [2.24, 2.45) is 4.99 Å². The maximum Gasteiger partial charge on any atom is 0.191 e. The highest BCUT2D eigenvalue weighted by molar-refractivity contribution is 14.0. The zero-order chi connectivity index (χ0) is 18.4. The topological polar surface area (TPSA) is 67.1 Å². The van der Waals surface area contributed by atoms with E-state index in [4.69, 9.17) is 0 Å². The van der Waals surface area contributed by atoms with Gasteiger partial charge in [-0.1, -0.05) is 25.1 Å². The molecule has 148 valence electrons. The summed E-state index contributed by atoms with van der Waals surface area (Å²) < 4.78 is 2.08. The molecule has 0 saturated carbocycles. The van der Waals surface area contributed by atoms with Crippen LogP contribution in [0.2, 0.25) is 0 Å². The summed E-state index contributed by atoms with van der Waals surface area (Å²) in [6.07, 6.45) is 7.74. The lowest BCUT2D eigenvalue weighted by Crippen LogP contribution is -2.40. The number of guanidine groups is 1. The number of benzene rings is 1. The van der Waals surface area contributed by atoms with E-state index in [1.54, 1.807) is 6.33 Å². The number of aryl methyl sites for hydroxylation is 3.